The van der Waals surface area contributed by atoms with Crippen LogP contribution in [0.3, 0.4) is 0 Å². The third kappa shape index (κ3) is 4.39. The minimum atomic E-state index is 0. The summed E-state index contributed by atoms with van der Waals surface area (Å²) in [5, 5.41) is 0.995. The van der Waals surface area contributed by atoms with Crippen molar-refractivity contribution in [3.63, 3.8) is 0 Å². The first-order valence-electron chi connectivity index (χ1n) is 1.75. The second kappa shape index (κ2) is 5.74. The topological polar surface area (TPSA) is 24.7 Å². The Morgan fingerprint density at radius 1 is 1.22 bits per heavy atom. The van der Waals surface area contributed by atoms with Crippen LogP contribution in [-0.2, 0) is 25.3 Å². The summed E-state index contributed by atoms with van der Waals surface area (Å²) >= 11 is 9.22. The molecule has 2 nitrogen and oxygen atoms in total. The molecule has 1 aliphatic heterocycles. The fraction of sp³-hybridized carbons (Fsp3) is 0.333. The third-order valence-corrected chi connectivity index (χ3v) is 1.01. The van der Waals surface area contributed by atoms with Crippen LogP contribution in [0.1, 0.15) is 0 Å². The number of amidine groups is 1. The van der Waals surface area contributed by atoms with E-state index in [1.807, 2.05) is 0 Å². The molecule has 1 heterocycles. The molecular formula is C3H2Li2N2S2. The molecule has 0 aromatic rings. The zero-order valence-corrected chi connectivity index (χ0v) is 7.05. The molecule has 0 aliphatic carbocycles. The van der Waals surface area contributed by atoms with Crippen molar-refractivity contribution in [3.8, 4) is 0 Å². The summed E-state index contributed by atoms with van der Waals surface area (Å²) in [6.07, 6.45) is 0. The van der Waals surface area contributed by atoms with Gasteiger partial charge in [0.15, 0.2) is 0 Å². The van der Waals surface area contributed by atoms with Crippen LogP contribution in [0.4, 0.5) is 0 Å². The maximum absolute atomic E-state index is 4.65. The largest absolute Gasteiger partial charge is 1.00 e. The molecule has 0 amide bonds. The number of rotatable bonds is 0. The smallest absolute Gasteiger partial charge is 0.763 e. The van der Waals surface area contributed by atoms with Gasteiger partial charge in [0.25, 0.3) is 0 Å². The SMILES string of the molecule is [Li+].[Li+].[S-]C1=NC([S-])=NC1. The fourth-order valence-electron chi connectivity index (χ4n) is 0.313. The minimum Gasteiger partial charge on any atom is -0.763 e. The van der Waals surface area contributed by atoms with E-state index >= 15 is 0 Å². The van der Waals surface area contributed by atoms with Crippen LogP contribution in [0.5, 0.6) is 0 Å². The first-order valence-corrected chi connectivity index (χ1v) is 2.57. The number of aliphatic imine (C=N–C) groups is 2. The molecule has 6 heteroatoms. The first-order chi connectivity index (χ1) is 3.29. The Morgan fingerprint density at radius 2 is 1.78 bits per heavy atom. The molecule has 0 radical (unpaired) electrons. The Hall–Kier alpha value is 0.975. The molecule has 0 aromatic carbocycles. The van der Waals surface area contributed by atoms with E-state index in [4.69, 9.17) is 0 Å². The van der Waals surface area contributed by atoms with Crippen LogP contribution < -0.4 is 37.7 Å². The summed E-state index contributed by atoms with van der Waals surface area (Å²) in [7, 11) is 0. The average molecular weight is 144 g/mol. The van der Waals surface area contributed by atoms with Crippen molar-refractivity contribution < 1.29 is 37.7 Å². The van der Waals surface area contributed by atoms with Crippen molar-refractivity contribution in [1.29, 1.82) is 0 Å². The molecule has 0 spiro atoms. The Labute approximate surface area is 89.2 Å². The molecule has 9 heavy (non-hydrogen) atoms. The van der Waals surface area contributed by atoms with Crippen LogP contribution in [0.25, 0.3) is 0 Å². The van der Waals surface area contributed by atoms with E-state index in [-0.39, 0.29) is 37.7 Å². The molecular weight excluding hydrogens is 142 g/mol. The van der Waals surface area contributed by atoms with Gasteiger partial charge in [-0.25, -0.2) is 0 Å². The van der Waals surface area contributed by atoms with Gasteiger partial charge in [0.05, 0.1) is 6.54 Å². The van der Waals surface area contributed by atoms with Gasteiger partial charge in [-0.15, -0.1) is 0 Å². The number of hydrogen-bond acceptors (Lipinski definition) is 4. The second-order valence-corrected chi connectivity index (χ2v) is 1.94. The van der Waals surface area contributed by atoms with Gasteiger partial charge in [-0.05, 0) is 5.17 Å². The summed E-state index contributed by atoms with van der Waals surface area (Å²) in [6.45, 7) is 0.522. The number of hydrogen-bond donors (Lipinski definition) is 0. The normalized spacial score (nSPS) is 14.7. The van der Waals surface area contributed by atoms with Crippen LogP contribution in [0.2, 0.25) is 0 Å². The van der Waals surface area contributed by atoms with Crippen molar-refractivity contribution in [1.82, 2.24) is 0 Å². The van der Waals surface area contributed by atoms with Crippen molar-refractivity contribution in [2.75, 3.05) is 6.54 Å². The summed E-state index contributed by atoms with van der Waals surface area (Å²) in [6, 6.07) is 0. The zero-order valence-electron chi connectivity index (χ0n) is 5.42. The van der Waals surface area contributed by atoms with Gasteiger partial charge in [-0.2, -0.15) is 0 Å². The summed E-state index contributed by atoms with van der Waals surface area (Å²) in [5.41, 5.74) is 0. The molecule has 0 bridgehead atoms. The van der Waals surface area contributed by atoms with E-state index in [0.717, 1.165) is 0 Å². The minimum absolute atomic E-state index is 0. The maximum atomic E-state index is 4.65. The van der Waals surface area contributed by atoms with Crippen LogP contribution in [0.15, 0.2) is 9.98 Å². The van der Waals surface area contributed by atoms with Crippen molar-refractivity contribution >= 4 is 35.5 Å². The van der Waals surface area contributed by atoms with E-state index in [1.54, 1.807) is 0 Å². The van der Waals surface area contributed by atoms with E-state index in [2.05, 4.69) is 35.2 Å². The van der Waals surface area contributed by atoms with Crippen molar-refractivity contribution in [3.05, 3.63) is 0 Å². The average Bonchev–Trinajstić information content (AvgIpc) is 1.87. The second-order valence-electron chi connectivity index (χ2n) is 1.10. The van der Waals surface area contributed by atoms with E-state index in [0.29, 0.717) is 16.8 Å². The van der Waals surface area contributed by atoms with Gasteiger partial charge in [0.2, 0.25) is 0 Å². The van der Waals surface area contributed by atoms with E-state index < -0.39 is 0 Å². The Kier molecular flexibility index (Phi) is 8.05. The van der Waals surface area contributed by atoms with Crippen LogP contribution >= 0.6 is 0 Å². The monoisotopic (exact) mass is 144 g/mol. The van der Waals surface area contributed by atoms with E-state index in [9.17, 15) is 0 Å². The molecule has 1 rings (SSSR count). The van der Waals surface area contributed by atoms with Crippen molar-refractivity contribution in [2.24, 2.45) is 9.98 Å². The Balaban J connectivity index is 0. The van der Waals surface area contributed by atoms with E-state index in [1.165, 1.54) is 0 Å². The standard InChI is InChI=1S/C3H4N2S2.2Li/c6-2-1-4-3(7)5-2;;/h1H2,(H2,4,5,6,7);;/q;2*+1/p-2. The first kappa shape index (κ1) is 12.6. The molecule has 0 N–H and O–H groups in total. The summed E-state index contributed by atoms with van der Waals surface area (Å²) < 4.78 is 0. The molecule has 0 unspecified atom stereocenters. The molecule has 0 atom stereocenters. The Morgan fingerprint density at radius 3 is 1.89 bits per heavy atom. The molecule has 0 saturated heterocycles. The molecule has 0 aromatic heterocycles. The molecule has 0 saturated carbocycles. The van der Waals surface area contributed by atoms with Crippen molar-refractivity contribution in [2.45, 2.75) is 0 Å². The van der Waals surface area contributed by atoms with Gasteiger partial charge >= 0.3 is 37.7 Å². The Bertz CT molecular complexity index is 145. The van der Waals surface area contributed by atoms with Gasteiger partial charge in [0.1, 0.15) is 0 Å². The molecule has 0 fully saturated rings. The maximum Gasteiger partial charge on any atom is 1.00 e. The summed E-state index contributed by atoms with van der Waals surface area (Å²) in [4.78, 5) is 7.43. The molecule has 1 aliphatic rings. The predicted octanol–water partition coefficient (Wildman–Crippen LogP) is -6.14. The van der Waals surface area contributed by atoms with Gasteiger partial charge in [-0.3, -0.25) is 9.98 Å². The van der Waals surface area contributed by atoms with Gasteiger partial charge in [-0.1, -0.05) is 5.04 Å². The summed E-state index contributed by atoms with van der Waals surface area (Å²) in [5.74, 6) is 0. The van der Waals surface area contributed by atoms with Crippen LogP contribution in [-0.4, -0.2) is 16.8 Å². The van der Waals surface area contributed by atoms with Gasteiger partial charge < -0.3 is 25.3 Å². The molecule has 38 valence electrons. The quantitative estimate of drug-likeness (QED) is 0.249. The predicted molar refractivity (Wildman–Crippen MR) is 34.5 cm³/mol. The number of nitrogens with zero attached hydrogens (tertiary/aromatic N) is 2. The fourth-order valence-corrected chi connectivity index (χ4v) is 0.696. The zero-order chi connectivity index (χ0) is 5.28. The van der Waals surface area contributed by atoms with Gasteiger partial charge in [0, 0.05) is 0 Å². The van der Waals surface area contributed by atoms with Crippen LogP contribution in [0, 0.1) is 0 Å². The third-order valence-electron chi connectivity index (χ3n) is 0.570.